The zero-order chi connectivity index (χ0) is 19.5. The van der Waals surface area contributed by atoms with Gasteiger partial charge in [0, 0.05) is 32.2 Å². The Morgan fingerprint density at radius 3 is 2.04 bits per heavy atom. The van der Waals surface area contributed by atoms with E-state index in [0.717, 1.165) is 11.5 Å². The highest BCUT2D eigenvalue weighted by Crippen LogP contribution is 2.37. The zero-order valence-electron chi connectivity index (χ0n) is 17.5. The molecular weight excluding hydrogens is 342 g/mol. The molecule has 3 aliphatic heterocycles. The number of aliphatic hydroxyl groups is 1. The molecule has 0 unspecified atom stereocenters. The number of carbonyl (C=O) groups is 1. The van der Waals surface area contributed by atoms with E-state index in [1.54, 1.807) is 4.90 Å². The van der Waals surface area contributed by atoms with Gasteiger partial charge in [0.15, 0.2) is 0 Å². The molecule has 1 spiro atoms. The number of ether oxygens (including phenoxy) is 1. The molecule has 3 saturated heterocycles. The van der Waals surface area contributed by atoms with Crippen LogP contribution in [-0.4, -0.2) is 78.0 Å². The lowest BCUT2D eigenvalue weighted by molar-refractivity contribution is 0.0101. The molecule has 0 radical (unpaired) electrons. The van der Waals surface area contributed by atoms with Crippen LogP contribution in [0, 0.1) is 5.41 Å². The van der Waals surface area contributed by atoms with Crippen LogP contribution in [0.4, 0.5) is 4.79 Å². The van der Waals surface area contributed by atoms with Gasteiger partial charge in [0.2, 0.25) is 0 Å². The van der Waals surface area contributed by atoms with Gasteiger partial charge in [0.05, 0.1) is 6.10 Å². The molecule has 6 nitrogen and oxygen atoms in total. The number of carbonyl (C=O) groups excluding carboxylic acids is 1. The van der Waals surface area contributed by atoms with Gasteiger partial charge in [-0.05, 0) is 77.8 Å². The van der Waals surface area contributed by atoms with E-state index in [9.17, 15) is 9.90 Å². The van der Waals surface area contributed by atoms with E-state index < -0.39 is 5.60 Å². The maximum Gasteiger partial charge on any atom is 0.410 e. The highest BCUT2D eigenvalue weighted by Gasteiger charge is 2.41. The van der Waals surface area contributed by atoms with Crippen LogP contribution in [0.25, 0.3) is 0 Å². The predicted molar refractivity (Wildman–Crippen MR) is 107 cm³/mol. The normalized spacial score (nSPS) is 26.6. The monoisotopic (exact) mass is 381 g/mol. The highest BCUT2D eigenvalue weighted by molar-refractivity contribution is 5.68. The SMILES string of the molecule is C1CC(N2CCC3(CC2)CNC3)C1.CC(C)(C)OC(=O)N1CCC(O)CC1. The number of hydrogen-bond acceptors (Lipinski definition) is 5. The first kappa shape index (κ1) is 20.9. The maximum absolute atomic E-state index is 11.5. The van der Waals surface area contributed by atoms with Crippen LogP contribution in [0.5, 0.6) is 0 Å². The van der Waals surface area contributed by atoms with Crippen LogP contribution in [0.1, 0.15) is 65.7 Å². The summed E-state index contributed by atoms with van der Waals surface area (Å²) >= 11 is 0. The summed E-state index contributed by atoms with van der Waals surface area (Å²) in [6, 6.07) is 0.977. The smallest absolute Gasteiger partial charge is 0.410 e. The molecule has 4 aliphatic rings. The third-order valence-corrected chi connectivity index (χ3v) is 6.57. The van der Waals surface area contributed by atoms with Gasteiger partial charge in [0.25, 0.3) is 0 Å². The lowest BCUT2D eigenvalue weighted by Gasteiger charge is -2.51. The van der Waals surface area contributed by atoms with Crippen LogP contribution in [0.15, 0.2) is 0 Å². The van der Waals surface area contributed by atoms with E-state index >= 15 is 0 Å². The van der Waals surface area contributed by atoms with E-state index in [4.69, 9.17) is 4.74 Å². The number of hydrogen-bond donors (Lipinski definition) is 2. The molecule has 1 saturated carbocycles. The number of amides is 1. The molecule has 0 aromatic heterocycles. The highest BCUT2D eigenvalue weighted by atomic mass is 16.6. The second kappa shape index (κ2) is 8.66. The van der Waals surface area contributed by atoms with Gasteiger partial charge in [0.1, 0.15) is 5.60 Å². The van der Waals surface area contributed by atoms with Crippen LogP contribution >= 0.6 is 0 Å². The lowest BCUT2D eigenvalue weighted by atomic mass is 9.72. The van der Waals surface area contributed by atoms with E-state index in [1.807, 2.05) is 20.8 Å². The average Bonchev–Trinajstić information content (AvgIpc) is 2.52. The largest absolute Gasteiger partial charge is 0.444 e. The molecule has 156 valence electrons. The fourth-order valence-corrected chi connectivity index (χ4v) is 4.32. The topological polar surface area (TPSA) is 65.0 Å². The van der Waals surface area contributed by atoms with Gasteiger partial charge in [-0.15, -0.1) is 0 Å². The van der Waals surface area contributed by atoms with Crippen molar-refractivity contribution in [2.45, 2.75) is 83.5 Å². The third-order valence-electron chi connectivity index (χ3n) is 6.57. The Labute approximate surface area is 164 Å². The number of nitrogens with one attached hydrogen (secondary N) is 1. The van der Waals surface area contributed by atoms with Crippen molar-refractivity contribution in [1.29, 1.82) is 0 Å². The Balaban J connectivity index is 0.000000156. The van der Waals surface area contributed by atoms with Crippen molar-refractivity contribution in [1.82, 2.24) is 15.1 Å². The van der Waals surface area contributed by atoms with Gasteiger partial charge in [-0.1, -0.05) is 6.42 Å². The molecule has 0 atom stereocenters. The first-order valence-corrected chi connectivity index (χ1v) is 10.9. The predicted octanol–water partition coefficient (Wildman–Crippen LogP) is 2.60. The van der Waals surface area contributed by atoms with Gasteiger partial charge in [-0.3, -0.25) is 0 Å². The Morgan fingerprint density at radius 1 is 1.04 bits per heavy atom. The summed E-state index contributed by atoms with van der Waals surface area (Å²) < 4.78 is 5.22. The summed E-state index contributed by atoms with van der Waals surface area (Å²) in [6.07, 6.45) is 8.12. The molecule has 3 heterocycles. The molecular formula is C21H39N3O3. The number of rotatable bonds is 1. The maximum atomic E-state index is 11.5. The van der Waals surface area contributed by atoms with E-state index in [0.29, 0.717) is 25.9 Å². The quantitative estimate of drug-likeness (QED) is 0.731. The molecule has 0 bridgehead atoms. The molecule has 27 heavy (non-hydrogen) atoms. The van der Waals surface area contributed by atoms with Gasteiger partial charge in [-0.2, -0.15) is 0 Å². The van der Waals surface area contributed by atoms with Crippen LogP contribution in [0.3, 0.4) is 0 Å². The molecule has 2 N–H and O–H groups in total. The average molecular weight is 382 g/mol. The van der Waals surface area contributed by atoms with Crippen molar-refractivity contribution >= 4 is 6.09 Å². The second-order valence-electron chi connectivity index (χ2n) is 9.92. The summed E-state index contributed by atoms with van der Waals surface area (Å²) in [6.45, 7) is 12.1. The van der Waals surface area contributed by atoms with E-state index in [-0.39, 0.29) is 12.2 Å². The Kier molecular flexibility index (Phi) is 6.70. The standard InChI is InChI=1S/C11H20N2.C10H19NO3/c1-2-10(3-1)13-6-4-11(5-7-13)8-12-9-11;1-10(2,3)14-9(13)11-6-4-8(12)5-7-11/h10,12H,1-9H2;8,12H,4-7H2,1-3H3. The van der Waals surface area contributed by atoms with Crippen molar-refractivity contribution < 1.29 is 14.6 Å². The lowest BCUT2D eigenvalue weighted by Crippen LogP contribution is -2.59. The summed E-state index contributed by atoms with van der Waals surface area (Å²) in [7, 11) is 0. The summed E-state index contributed by atoms with van der Waals surface area (Å²) in [5.41, 5.74) is 0.299. The molecule has 0 aromatic rings. The van der Waals surface area contributed by atoms with Gasteiger partial charge < -0.3 is 25.0 Å². The minimum atomic E-state index is -0.437. The number of aliphatic hydroxyl groups excluding tert-OH is 1. The van der Waals surface area contributed by atoms with Crippen molar-refractivity contribution in [3.8, 4) is 0 Å². The van der Waals surface area contributed by atoms with Crippen molar-refractivity contribution in [3.05, 3.63) is 0 Å². The van der Waals surface area contributed by atoms with Crippen molar-refractivity contribution in [3.63, 3.8) is 0 Å². The van der Waals surface area contributed by atoms with E-state index in [1.165, 1.54) is 58.3 Å². The summed E-state index contributed by atoms with van der Waals surface area (Å²) in [5.74, 6) is 0. The Bertz CT molecular complexity index is 479. The Morgan fingerprint density at radius 2 is 1.63 bits per heavy atom. The molecule has 4 fully saturated rings. The van der Waals surface area contributed by atoms with Crippen LogP contribution < -0.4 is 5.32 Å². The Hall–Kier alpha value is -0.850. The minimum absolute atomic E-state index is 0.256. The molecule has 1 amide bonds. The fraction of sp³-hybridized carbons (Fsp3) is 0.952. The van der Waals surface area contributed by atoms with Crippen LogP contribution in [0.2, 0.25) is 0 Å². The molecule has 1 aliphatic carbocycles. The van der Waals surface area contributed by atoms with Crippen molar-refractivity contribution in [2.24, 2.45) is 5.41 Å². The number of likely N-dealkylation sites (tertiary alicyclic amines) is 2. The molecule has 4 rings (SSSR count). The summed E-state index contributed by atoms with van der Waals surface area (Å²) in [4.78, 5) is 15.9. The van der Waals surface area contributed by atoms with E-state index in [2.05, 4.69) is 10.2 Å². The first-order valence-electron chi connectivity index (χ1n) is 10.9. The second-order valence-corrected chi connectivity index (χ2v) is 9.92. The van der Waals surface area contributed by atoms with Gasteiger partial charge >= 0.3 is 6.09 Å². The third kappa shape index (κ3) is 5.81. The van der Waals surface area contributed by atoms with Crippen molar-refractivity contribution in [2.75, 3.05) is 39.3 Å². The summed E-state index contributed by atoms with van der Waals surface area (Å²) in [5, 5.41) is 12.7. The number of piperidine rings is 2. The molecule has 6 heteroatoms. The number of nitrogens with zero attached hydrogens (tertiary/aromatic N) is 2. The minimum Gasteiger partial charge on any atom is -0.444 e. The van der Waals surface area contributed by atoms with Crippen LogP contribution in [-0.2, 0) is 4.74 Å². The van der Waals surface area contributed by atoms with Gasteiger partial charge in [-0.25, -0.2) is 4.79 Å². The first-order chi connectivity index (χ1) is 12.8. The zero-order valence-corrected chi connectivity index (χ0v) is 17.5. The molecule has 0 aromatic carbocycles. The fourth-order valence-electron chi connectivity index (χ4n) is 4.32.